The number of amides is 1. The Morgan fingerprint density at radius 1 is 1.42 bits per heavy atom. The van der Waals surface area contributed by atoms with Crippen molar-refractivity contribution in [1.29, 1.82) is 0 Å². The summed E-state index contributed by atoms with van der Waals surface area (Å²) in [6, 6.07) is 8.12. The molecule has 1 saturated heterocycles. The van der Waals surface area contributed by atoms with Gasteiger partial charge in [0.25, 0.3) is 0 Å². The van der Waals surface area contributed by atoms with Crippen molar-refractivity contribution in [3.8, 4) is 0 Å². The van der Waals surface area contributed by atoms with Crippen molar-refractivity contribution < 1.29 is 4.79 Å². The third kappa shape index (κ3) is 2.52. The molecule has 1 aromatic rings. The van der Waals surface area contributed by atoms with Crippen LogP contribution in [0.25, 0.3) is 0 Å². The van der Waals surface area contributed by atoms with Gasteiger partial charge in [0.2, 0.25) is 5.91 Å². The number of nitrogens with one attached hydrogen (secondary N) is 1. The predicted molar refractivity (Wildman–Crippen MR) is 79.3 cm³/mol. The van der Waals surface area contributed by atoms with Crippen molar-refractivity contribution >= 4 is 11.6 Å². The largest absolute Gasteiger partial charge is 0.316 e. The van der Waals surface area contributed by atoms with E-state index in [0.717, 1.165) is 25.2 Å². The Hall–Kier alpha value is -1.35. The number of hydrogen-bond donors (Lipinski definition) is 1. The Kier molecular flexibility index (Phi) is 3.95. The van der Waals surface area contributed by atoms with Gasteiger partial charge in [-0.1, -0.05) is 26.0 Å². The molecule has 0 aromatic heterocycles. The summed E-state index contributed by atoms with van der Waals surface area (Å²) >= 11 is 0. The van der Waals surface area contributed by atoms with E-state index >= 15 is 0 Å². The maximum atomic E-state index is 12.9. The van der Waals surface area contributed by atoms with Crippen molar-refractivity contribution in [2.75, 3.05) is 25.0 Å². The van der Waals surface area contributed by atoms with E-state index in [1.165, 1.54) is 5.56 Å². The number of anilines is 1. The average Bonchev–Trinajstić information content (AvgIpc) is 2.87. The van der Waals surface area contributed by atoms with Gasteiger partial charge in [-0.3, -0.25) is 4.79 Å². The molecule has 1 fully saturated rings. The van der Waals surface area contributed by atoms with E-state index in [2.05, 4.69) is 38.2 Å². The van der Waals surface area contributed by atoms with Crippen LogP contribution in [0.1, 0.15) is 25.8 Å². The fourth-order valence-electron chi connectivity index (χ4n) is 2.92. The van der Waals surface area contributed by atoms with E-state index in [1.807, 2.05) is 24.1 Å². The fraction of sp³-hybridized carbons (Fsp3) is 0.562. The second-order valence-electron chi connectivity index (χ2n) is 5.94. The molecule has 1 unspecified atom stereocenters. The third-order valence-corrected chi connectivity index (χ3v) is 4.41. The number of hydrogen-bond acceptors (Lipinski definition) is 2. The molecule has 1 amide bonds. The van der Waals surface area contributed by atoms with Crippen LogP contribution in [0, 0.1) is 18.3 Å². The van der Waals surface area contributed by atoms with Crippen LogP contribution in [0.2, 0.25) is 0 Å². The lowest BCUT2D eigenvalue weighted by molar-refractivity contribution is -0.129. The van der Waals surface area contributed by atoms with Crippen molar-refractivity contribution in [1.82, 2.24) is 5.32 Å². The quantitative estimate of drug-likeness (QED) is 0.906. The Bertz CT molecular complexity index is 462. The average molecular weight is 260 g/mol. The highest BCUT2D eigenvalue weighted by atomic mass is 16.2. The monoisotopic (exact) mass is 260 g/mol. The lowest BCUT2D eigenvalue weighted by Crippen LogP contribution is -2.47. The smallest absolute Gasteiger partial charge is 0.234 e. The van der Waals surface area contributed by atoms with Gasteiger partial charge in [0.05, 0.1) is 5.41 Å². The highest BCUT2D eigenvalue weighted by Crippen LogP contribution is 2.37. The van der Waals surface area contributed by atoms with Gasteiger partial charge < -0.3 is 10.2 Å². The molecular formula is C16H24N2O. The molecule has 19 heavy (non-hydrogen) atoms. The van der Waals surface area contributed by atoms with Gasteiger partial charge in [-0.25, -0.2) is 0 Å². The molecule has 1 heterocycles. The van der Waals surface area contributed by atoms with Crippen molar-refractivity contribution in [2.24, 2.45) is 11.3 Å². The summed E-state index contributed by atoms with van der Waals surface area (Å²) in [5.41, 5.74) is 1.91. The summed E-state index contributed by atoms with van der Waals surface area (Å²) in [5, 5.41) is 3.35. The predicted octanol–water partition coefficient (Wildman–Crippen LogP) is 2.59. The second-order valence-corrected chi connectivity index (χ2v) is 5.94. The molecular weight excluding hydrogens is 236 g/mol. The summed E-state index contributed by atoms with van der Waals surface area (Å²) in [5.74, 6) is 0.584. The van der Waals surface area contributed by atoms with Gasteiger partial charge >= 0.3 is 0 Å². The molecule has 2 rings (SSSR count). The molecule has 1 N–H and O–H groups in total. The summed E-state index contributed by atoms with van der Waals surface area (Å²) in [6.45, 7) is 8.08. The Morgan fingerprint density at radius 3 is 2.68 bits per heavy atom. The molecule has 0 spiro atoms. The van der Waals surface area contributed by atoms with Crippen LogP contribution < -0.4 is 10.2 Å². The molecule has 1 aliphatic rings. The SMILES string of the molecule is Cc1cccc(N(C)C(=O)C2(C(C)C)CCNC2)c1. The van der Waals surface area contributed by atoms with Gasteiger partial charge in [-0.05, 0) is 43.5 Å². The topological polar surface area (TPSA) is 32.3 Å². The standard InChI is InChI=1S/C16H24N2O/c1-12(2)16(8-9-17-11-16)15(19)18(4)14-7-5-6-13(3)10-14/h5-7,10,12,17H,8-9,11H2,1-4H3. The summed E-state index contributed by atoms with van der Waals surface area (Å²) in [6.07, 6.45) is 0.930. The maximum Gasteiger partial charge on any atom is 0.234 e. The van der Waals surface area contributed by atoms with E-state index in [-0.39, 0.29) is 11.3 Å². The van der Waals surface area contributed by atoms with E-state index in [0.29, 0.717) is 5.92 Å². The van der Waals surface area contributed by atoms with Crippen LogP contribution in [0.15, 0.2) is 24.3 Å². The lowest BCUT2D eigenvalue weighted by atomic mass is 9.75. The molecule has 3 nitrogen and oxygen atoms in total. The molecule has 0 aliphatic carbocycles. The van der Waals surface area contributed by atoms with Gasteiger partial charge in [0, 0.05) is 19.3 Å². The summed E-state index contributed by atoms with van der Waals surface area (Å²) < 4.78 is 0. The van der Waals surface area contributed by atoms with Crippen LogP contribution >= 0.6 is 0 Å². The Balaban J connectivity index is 2.27. The van der Waals surface area contributed by atoms with E-state index in [1.54, 1.807) is 0 Å². The molecule has 1 aliphatic heterocycles. The molecule has 0 bridgehead atoms. The van der Waals surface area contributed by atoms with E-state index < -0.39 is 0 Å². The number of nitrogens with zero attached hydrogens (tertiary/aromatic N) is 1. The minimum Gasteiger partial charge on any atom is -0.316 e. The van der Waals surface area contributed by atoms with Crippen LogP contribution in [-0.2, 0) is 4.79 Å². The van der Waals surface area contributed by atoms with Crippen molar-refractivity contribution in [3.63, 3.8) is 0 Å². The van der Waals surface area contributed by atoms with Crippen LogP contribution in [-0.4, -0.2) is 26.0 Å². The molecule has 1 atom stereocenters. The highest BCUT2D eigenvalue weighted by molar-refractivity contribution is 5.97. The van der Waals surface area contributed by atoms with Crippen LogP contribution in [0.5, 0.6) is 0 Å². The fourth-order valence-corrected chi connectivity index (χ4v) is 2.92. The maximum absolute atomic E-state index is 12.9. The van der Waals surface area contributed by atoms with E-state index in [4.69, 9.17) is 0 Å². The van der Waals surface area contributed by atoms with Gasteiger partial charge in [-0.2, -0.15) is 0 Å². The number of carbonyl (C=O) groups excluding carboxylic acids is 1. The number of rotatable bonds is 3. The van der Waals surface area contributed by atoms with Crippen LogP contribution in [0.4, 0.5) is 5.69 Å². The minimum atomic E-state index is -0.251. The summed E-state index contributed by atoms with van der Waals surface area (Å²) in [7, 11) is 1.89. The van der Waals surface area contributed by atoms with Gasteiger partial charge in [0.1, 0.15) is 0 Å². The number of aryl methyl sites for hydroxylation is 1. The summed E-state index contributed by atoms with van der Waals surface area (Å²) in [4.78, 5) is 14.7. The number of benzene rings is 1. The van der Waals surface area contributed by atoms with Gasteiger partial charge in [0.15, 0.2) is 0 Å². The first kappa shape index (κ1) is 14.1. The minimum absolute atomic E-state index is 0.234. The molecule has 104 valence electrons. The first-order valence-electron chi connectivity index (χ1n) is 7.03. The van der Waals surface area contributed by atoms with Crippen LogP contribution in [0.3, 0.4) is 0 Å². The lowest BCUT2D eigenvalue weighted by Gasteiger charge is -2.35. The zero-order valence-electron chi connectivity index (χ0n) is 12.4. The highest BCUT2D eigenvalue weighted by Gasteiger charge is 2.45. The zero-order chi connectivity index (χ0) is 14.0. The molecule has 1 aromatic carbocycles. The zero-order valence-corrected chi connectivity index (χ0v) is 12.4. The Morgan fingerprint density at radius 2 is 2.16 bits per heavy atom. The number of carbonyl (C=O) groups is 1. The molecule has 3 heteroatoms. The second kappa shape index (κ2) is 5.33. The van der Waals surface area contributed by atoms with E-state index in [9.17, 15) is 4.79 Å². The third-order valence-electron chi connectivity index (χ3n) is 4.41. The van der Waals surface area contributed by atoms with Crippen molar-refractivity contribution in [2.45, 2.75) is 27.2 Å². The first-order valence-corrected chi connectivity index (χ1v) is 7.03. The van der Waals surface area contributed by atoms with Gasteiger partial charge in [-0.15, -0.1) is 0 Å². The normalized spacial score (nSPS) is 22.8. The molecule has 0 radical (unpaired) electrons. The van der Waals surface area contributed by atoms with Crippen molar-refractivity contribution in [3.05, 3.63) is 29.8 Å². The molecule has 0 saturated carbocycles. The Labute approximate surface area is 116 Å². The first-order chi connectivity index (χ1) is 8.97.